The molecule has 0 bridgehead atoms. The summed E-state index contributed by atoms with van der Waals surface area (Å²) in [4.78, 5) is 4.58. The number of halogens is 1. The molecule has 0 radical (unpaired) electrons. The van der Waals surface area contributed by atoms with Crippen LogP contribution in [0.3, 0.4) is 0 Å². The zero-order valence-corrected chi connectivity index (χ0v) is 12.8. The van der Waals surface area contributed by atoms with Crippen LogP contribution in [0.1, 0.15) is 17.3 Å². The molecule has 0 amide bonds. The standard InChI is InChI=1S/C13H16BrN5O/c1-18-11(5-4-9-3-2-8-20-9)17-19-12(14)10(6-7-15)16-13(18)19/h2-3,8H,4-7,15H2,1H3. The van der Waals surface area contributed by atoms with E-state index in [0.717, 1.165) is 46.9 Å². The number of aromatic nitrogens is 4. The third kappa shape index (κ3) is 2.27. The van der Waals surface area contributed by atoms with Gasteiger partial charge in [0.2, 0.25) is 5.78 Å². The van der Waals surface area contributed by atoms with Crippen molar-refractivity contribution in [1.29, 1.82) is 0 Å². The van der Waals surface area contributed by atoms with Gasteiger partial charge in [-0.25, -0.2) is 4.98 Å². The molecule has 7 heteroatoms. The molecule has 0 aliphatic heterocycles. The van der Waals surface area contributed by atoms with Gasteiger partial charge in [0, 0.05) is 26.3 Å². The monoisotopic (exact) mass is 337 g/mol. The average molecular weight is 338 g/mol. The van der Waals surface area contributed by atoms with Crippen LogP contribution in [0.2, 0.25) is 0 Å². The topological polar surface area (TPSA) is 74.3 Å². The Hall–Kier alpha value is -1.60. The summed E-state index contributed by atoms with van der Waals surface area (Å²) in [7, 11) is 1.98. The number of imidazole rings is 1. The Kier molecular flexibility index (Phi) is 3.62. The SMILES string of the molecule is Cn1c(CCc2ccco2)nn2c(Br)c(CCN)nc12. The van der Waals surface area contributed by atoms with Crippen LogP contribution >= 0.6 is 15.9 Å². The molecule has 0 saturated heterocycles. The lowest BCUT2D eigenvalue weighted by Gasteiger charge is -1.99. The lowest BCUT2D eigenvalue weighted by atomic mass is 10.2. The van der Waals surface area contributed by atoms with Gasteiger partial charge in [0.25, 0.3) is 0 Å². The maximum absolute atomic E-state index is 5.58. The van der Waals surface area contributed by atoms with E-state index >= 15 is 0 Å². The molecule has 0 unspecified atom stereocenters. The van der Waals surface area contributed by atoms with Crippen LogP contribution in [0.4, 0.5) is 0 Å². The summed E-state index contributed by atoms with van der Waals surface area (Å²) in [6.07, 6.45) is 4.07. The Morgan fingerprint density at radius 3 is 2.85 bits per heavy atom. The van der Waals surface area contributed by atoms with Crippen molar-refractivity contribution in [3.63, 3.8) is 0 Å². The number of rotatable bonds is 5. The number of hydrogen-bond donors (Lipinski definition) is 1. The van der Waals surface area contributed by atoms with Crippen molar-refractivity contribution in [2.45, 2.75) is 19.3 Å². The molecule has 3 rings (SSSR count). The molecule has 0 fully saturated rings. The molecular formula is C13H16BrN5O. The van der Waals surface area contributed by atoms with Gasteiger partial charge in [-0.2, -0.15) is 9.61 Å². The highest BCUT2D eigenvalue weighted by Gasteiger charge is 2.16. The minimum atomic E-state index is 0.577. The number of furan rings is 1. The molecule has 3 heterocycles. The Labute approximate surface area is 124 Å². The smallest absolute Gasteiger partial charge is 0.233 e. The van der Waals surface area contributed by atoms with Gasteiger partial charge >= 0.3 is 0 Å². The second kappa shape index (κ2) is 5.41. The van der Waals surface area contributed by atoms with Gasteiger partial charge < -0.3 is 10.2 Å². The maximum atomic E-state index is 5.58. The number of aryl methyl sites for hydroxylation is 3. The van der Waals surface area contributed by atoms with Gasteiger partial charge in [-0.3, -0.25) is 4.57 Å². The molecule has 106 valence electrons. The highest BCUT2D eigenvalue weighted by atomic mass is 79.9. The lowest BCUT2D eigenvalue weighted by molar-refractivity contribution is 0.504. The Morgan fingerprint density at radius 2 is 2.20 bits per heavy atom. The van der Waals surface area contributed by atoms with Crippen LogP contribution in [0, 0.1) is 0 Å². The first-order valence-electron chi connectivity index (χ1n) is 6.52. The first kappa shape index (κ1) is 13.4. The van der Waals surface area contributed by atoms with Gasteiger partial charge in [-0.05, 0) is 34.6 Å². The van der Waals surface area contributed by atoms with E-state index in [0.29, 0.717) is 6.54 Å². The number of nitrogens with two attached hydrogens (primary N) is 1. The zero-order valence-electron chi connectivity index (χ0n) is 11.2. The highest BCUT2D eigenvalue weighted by molar-refractivity contribution is 9.10. The van der Waals surface area contributed by atoms with Crippen molar-refractivity contribution < 1.29 is 4.42 Å². The molecule has 0 saturated carbocycles. The minimum Gasteiger partial charge on any atom is -0.469 e. The van der Waals surface area contributed by atoms with Crippen molar-refractivity contribution in [2.75, 3.05) is 6.54 Å². The van der Waals surface area contributed by atoms with E-state index in [1.54, 1.807) is 6.26 Å². The van der Waals surface area contributed by atoms with E-state index in [2.05, 4.69) is 26.0 Å². The van der Waals surface area contributed by atoms with E-state index < -0.39 is 0 Å². The van der Waals surface area contributed by atoms with Crippen molar-refractivity contribution in [2.24, 2.45) is 12.8 Å². The molecule has 0 spiro atoms. The van der Waals surface area contributed by atoms with Gasteiger partial charge in [0.05, 0.1) is 12.0 Å². The van der Waals surface area contributed by atoms with Crippen molar-refractivity contribution >= 4 is 21.7 Å². The van der Waals surface area contributed by atoms with Crippen molar-refractivity contribution in [3.8, 4) is 0 Å². The highest BCUT2D eigenvalue weighted by Crippen LogP contribution is 2.20. The van der Waals surface area contributed by atoms with Gasteiger partial charge in [0.1, 0.15) is 16.2 Å². The summed E-state index contributed by atoms with van der Waals surface area (Å²) in [5.41, 5.74) is 6.53. The van der Waals surface area contributed by atoms with Crippen LogP contribution in [-0.2, 0) is 26.3 Å². The normalized spacial score (nSPS) is 11.6. The lowest BCUT2D eigenvalue weighted by Crippen LogP contribution is -2.05. The second-order valence-corrected chi connectivity index (χ2v) is 5.41. The first-order chi connectivity index (χ1) is 9.70. The van der Waals surface area contributed by atoms with Crippen LogP contribution in [0.25, 0.3) is 5.78 Å². The predicted octanol–water partition coefficient (Wildman–Crippen LogP) is 1.71. The fraction of sp³-hybridized carbons (Fsp3) is 0.385. The fourth-order valence-corrected chi connectivity index (χ4v) is 2.76. The molecular weight excluding hydrogens is 322 g/mol. The Morgan fingerprint density at radius 1 is 1.35 bits per heavy atom. The van der Waals surface area contributed by atoms with Gasteiger partial charge in [0.15, 0.2) is 0 Å². The Bertz CT molecular complexity index is 713. The van der Waals surface area contributed by atoms with E-state index in [1.807, 2.05) is 28.3 Å². The largest absolute Gasteiger partial charge is 0.469 e. The van der Waals surface area contributed by atoms with Gasteiger partial charge in [-0.15, -0.1) is 0 Å². The molecule has 6 nitrogen and oxygen atoms in total. The Balaban J connectivity index is 1.87. The first-order valence-corrected chi connectivity index (χ1v) is 7.31. The van der Waals surface area contributed by atoms with Crippen LogP contribution in [-0.4, -0.2) is 25.7 Å². The molecule has 0 atom stereocenters. The zero-order chi connectivity index (χ0) is 14.1. The molecule has 20 heavy (non-hydrogen) atoms. The molecule has 0 aliphatic carbocycles. The summed E-state index contributed by atoms with van der Waals surface area (Å²) < 4.78 is 10.1. The second-order valence-electron chi connectivity index (χ2n) is 4.65. The molecule has 0 aromatic carbocycles. The third-order valence-electron chi connectivity index (χ3n) is 3.31. The summed E-state index contributed by atoms with van der Waals surface area (Å²) >= 11 is 3.54. The van der Waals surface area contributed by atoms with E-state index in [-0.39, 0.29) is 0 Å². The summed E-state index contributed by atoms with van der Waals surface area (Å²) in [5, 5.41) is 4.60. The summed E-state index contributed by atoms with van der Waals surface area (Å²) in [6.45, 7) is 0.577. The van der Waals surface area contributed by atoms with Crippen molar-refractivity contribution in [3.05, 3.63) is 40.3 Å². The molecule has 3 aromatic rings. The van der Waals surface area contributed by atoms with Crippen LogP contribution < -0.4 is 5.73 Å². The minimum absolute atomic E-state index is 0.577. The van der Waals surface area contributed by atoms with E-state index in [9.17, 15) is 0 Å². The summed E-state index contributed by atoms with van der Waals surface area (Å²) in [5.74, 6) is 2.77. The third-order valence-corrected chi connectivity index (χ3v) is 4.10. The average Bonchev–Trinajstić information content (AvgIpc) is 3.11. The maximum Gasteiger partial charge on any atom is 0.233 e. The number of hydrogen-bond acceptors (Lipinski definition) is 4. The van der Waals surface area contributed by atoms with Gasteiger partial charge in [-0.1, -0.05) is 0 Å². The number of fused-ring (bicyclic) bond motifs is 1. The molecule has 2 N–H and O–H groups in total. The number of nitrogens with zero attached hydrogens (tertiary/aromatic N) is 4. The predicted molar refractivity (Wildman–Crippen MR) is 78.5 cm³/mol. The van der Waals surface area contributed by atoms with Crippen LogP contribution in [0.5, 0.6) is 0 Å². The van der Waals surface area contributed by atoms with E-state index in [1.165, 1.54) is 0 Å². The summed E-state index contributed by atoms with van der Waals surface area (Å²) in [6, 6.07) is 3.87. The molecule has 0 aliphatic rings. The fourth-order valence-electron chi connectivity index (χ4n) is 2.23. The van der Waals surface area contributed by atoms with E-state index in [4.69, 9.17) is 10.2 Å². The van der Waals surface area contributed by atoms with Crippen molar-refractivity contribution in [1.82, 2.24) is 19.2 Å². The molecule has 3 aromatic heterocycles. The van der Waals surface area contributed by atoms with Crippen LogP contribution in [0.15, 0.2) is 27.4 Å². The quantitative estimate of drug-likeness (QED) is 0.769.